The third-order valence-electron chi connectivity index (χ3n) is 5.47. The van der Waals surface area contributed by atoms with Gasteiger partial charge in [-0.2, -0.15) is 0 Å². The minimum atomic E-state index is -0.911. The Labute approximate surface area is 208 Å². The predicted molar refractivity (Wildman–Crippen MR) is 132 cm³/mol. The SMILES string of the molecule is CCCN1C(=O)NC(c2cccc(NC(=O)Nc3ccc(F)cc3F)c2)C(C(=O)OCC(C)C)=C1C. The molecule has 1 unspecified atom stereocenters. The van der Waals surface area contributed by atoms with Crippen molar-refractivity contribution in [3.8, 4) is 0 Å². The van der Waals surface area contributed by atoms with E-state index < -0.39 is 29.7 Å². The summed E-state index contributed by atoms with van der Waals surface area (Å²) in [7, 11) is 0. The average Bonchev–Trinajstić information content (AvgIpc) is 2.82. The highest BCUT2D eigenvalue weighted by molar-refractivity contribution is 6.00. The van der Waals surface area contributed by atoms with Crippen molar-refractivity contribution in [3.05, 3.63) is 70.9 Å². The Kier molecular flexibility index (Phi) is 8.63. The van der Waals surface area contributed by atoms with Crippen molar-refractivity contribution in [1.82, 2.24) is 10.2 Å². The predicted octanol–water partition coefficient (Wildman–Crippen LogP) is 5.56. The molecule has 0 saturated carbocycles. The molecule has 3 rings (SSSR count). The van der Waals surface area contributed by atoms with Crippen LogP contribution in [-0.2, 0) is 9.53 Å². The van der Waals surface area contributed by atoms with Crippen LogP contribution in [0.3, 0.4) is 0 Å². The maximum atomic E-state index is 13.9. The molecule has 0 aliphatic carbocycles. The Hall–Kier alpha value is -3.95. The number of nitrogens with zero attached hydrogens (tertiary/aromatic N) is 1. The lowest BCUT2D eigenvalue weighted by molar-refractivity contribution is -0.140. The number of allylic oxidation sites excluding steroid dienone is 1. The molecule has 0 bridgehead atoms. The van der Waals surface area contributed by atoms with E-state index >= 15 is 0 Å². The van der Waals surface area contributed by atoms with E-state index in [1.165, 1.54) is 4.90 Å². The van der Waals surface area contributed by atoms with Gasteiger partial charge in [-0.15, -0.1) is 0 Å². The van der Waals surface area contributed by atoms with Crippen LogP contribution in [0.15, 0.2) is 53.7 Å². The van der Waals surface area contributed by atoms with Crippen LogP contribution in [0, 0.1) is 17.6 Å². The molecular weight excluding hydrogens is 470 g/mol. The van der Waals surface area contributed by atoms with Crippen LogP contribution >= 0.6 is 0 Å². The minimum absolute atomic E-state index is 0.134. The minimum Gasteiger partial charge on any atom is -0.462 e. The summed E-state index contributed by atoms with van der Waals surface area (Å²) in [5.74, 6) is -2.07. The molecule has 8 nitrogen and oxygen atoms in total. The summed E-state index contributed by atoms with van der Waals surface area (Å²) < 4.78 is 32.5. The Morgan fingerprint density at radius 3 is 2.56 bits per heavy atom. The first kappa shape index (κ1) is 26.7. The van der Waals surface area contributed by atoms with Gasteiger partial charge in [-0.3, -0.25) is 4.90 Å². The number of rotatable bonds is 8. The number of esters is 1. The summed E-state index contributed by atoms with van der Waals surface area (Å²) in [6.07, 6.45) is 0.701. The highest BCUT2D eigenvalue weighted by Crippen LogP contribution is 2.32. The standard InChI is InChI=1S/C26H30F2N4O4/c1-5-11-32-16(4)22(24(33)36-14-15(2)3)23(31-26(32)35)17-7-6-8-19(12-17)29-25(34)30-21-10-9-18(27)13-20(21)28/h6-10,12-13,15,23H,5,11,14H2,1-4H3,(H,31,35)(H2,29,30,34). The van der Waals surface area contributed by atoms with Gasteiger partial charge in [0.1, 0.15) is 11.6 Å². The summed E-state index contributed by atoms with van der Waals surface area (Å²) in [5, 5.41) is 7.77. The molecule has 10 heteroatoms. The monoisotopic (exact) mass is 500 g/mol. The second-order valence-electron chi connectivity index (χ2n) is 8.85. The van der Waals surface area contributed by atoms with Crippen LogP contribution in [0.4, 0.5) is 29.7 Å². The number of hydrogen-bond donors (Lipinski definition) is 3. The third-order valence-corrected chi connectivity index (χ3v) is 5.47. The molecule has 0 radical (unpaired) electrons. The summed E-state index contributed by atoms with van der Waals surface area (Å²) in [5.41, 5.74) is 1.50. The van der Waals surface area contributed by atoms with E-state index in [2.05, 4.69) is 16.0 Å². The lowest BCUT2D eigenvalue weighted by Gasteiger charge is -2.35. The molecule has 4 amide bonds. The fraction of sp³-hybridized carbons (Fsp3) is 0.346. The smallest absolute Gasteiger partial charge is 0.338 e. The lowest BCUT2D eigenvalue weighted by atomic mass is 9.94. The van der Waals surface area contributed by atoms with Gasteiger partial charge in [0.15, 0.2) is 0 Å². The molecule has 192 valence electrons. The molecule has 2 aromatic rings. The number of nitrogens with one attached hydrogen (secondary N) is 3. The molecule has 0 fully saturated rings. The van der Waals surface area contributed by atoms with E-state index in [1.807, 2.05) is 20.8 Å². The number of amides is 4. The van der Waals surface area contributed by atoms with E-state index in [0.29, 0.717) is 41.6 Å². The van der Waals surface area contributed by atoms with Gasteiger partial charge in [0.05, 0.1) is 23.9 Å². The number of urea groups is 2. The van der Waals surface area contributed by atoms with Crippen LogP contribution < -0.4 is 16.0 Å². The quantitative estimate of drug-likeness (QED) is 0.413. The van der Waals surface area contributed by atoms with Crippen molar-refractivity contribution in [2.24, 2.45) is 5.92 Å². The first-order chi connectivity index (χ1) is 17.1. The number of halogens is 2. The Morgan fingerprint density at radius 1 is 1.14 bits per heavy atom. The number of carbonyl (C=O) groups excluding carboxylic acids is 3. The van der Waals surface area contributed by atoms with Crippen molar-refractivity contribution < 1.29 is 27.9 Å². The number of benzene rings is 2. The third kappa shape index (κ3) is 6.38. The lowest BCUT2D eigenvalue weighted by Crippen LogP contribution is -2.48. The van der Waals surface area contributed by atoms with Crippen LogP contribution in [0.5, 0.6) is 0 Å². The van der Waals surface area contributed by atoms with Gasteiger partial charge in [-0.25, -0.2) is 23.2 Å². The number of anilines is 2. The van der Waals surface area contributed by atoms with Crippen molar-refractivity contribution >= 4 is 29.4 Å². The van der Waals surface area contributed by atoms with E-state index in [9.17, 15) is 23.2 Å². The van der Waals surface area contributed by atoms with E-state index in [-0.39, 0.29) is 24.2 Å². The molecule has 1 aliphatic rings. The number of ether oxygens (including phenoxy) is 1. The molecule has 0 aromatic heterocycles. The van der Waals surface area contributed by atoms with Crippen molar-refractivity contribution in [2.75, 3.05) is 23.8 Å². The van der Waals surface area contributed by atoms with Gasteiger partial charge in [0, 0.05) is 24.0 Å². The van der Waals surface area contributed by atoms with Gasteiger partial charge in [0.2, 0.25) is 0 Å². The van der Waals surface area contributed by atoms with Crippen LogP contribution in [0.25, 0.3) is 0 Å². The second kappa shape index (κ2) is 11.7. The highest BCUT2D eigenvalue weighted by Gasteiger charge is 2.36. The number of carbonyl (C=O) groups is 3. The fourth-order valence-electron chi connectivity index (χ4n) is 3.78. The van der Waals surface area contributed by atoms with Gasteiger partial charge >= 0.3 is 18.0 Å². The Balaban J connectivity index is 1.87. The van der Waals surface area contributed by atoms with Crippen molar-refractivity contribution in [1.29, 1.82) is 0 Å². The zero-order valence-corrected chi connectivity index (χ0v) is 20.7. The molecule has 1 heterocycles. The van der Waals surface area contributed by atoms with Crippen LogP contribution in [0.2, 0.25) is 0 Å². The molecule has 0 spiro atoms. The van der Waals surface area contributed by atoms with Crippen LogP contribution in [-0.4, -0.2) is 36.1 Å². The van der Waals surface area contributed by atoms with Crippen molar-refractivity contribution in [3.63, 3.8) is 0 Å². The van der Waals surface area contributed by atoms with Crippen molar-refractivity contribution in [2.45, 2.75) is 40.2 Å². The highest BCUT2D eigenvalue weighted by atomic mass is 19.1. The van der Waals surface area contributed by atoms with Gasteiger partial charge in [-0.1, -0.05) is 32.9 Å². The molecule has 3 N–H and O–H groups in total. The molecule has 1 aliphatic heterocycles. The maximum Gasteiger partial charge on any atom is 0.338 e. The van der Waals surface area contributed by atoms with E-state index in [4.69, 9.17) is 4.74 Å². The summed E-state index contributed by atoms with van der Waals surface area (Å²) in [4.78, 5) is 39.8. The van der Waals surface area contributed by atoms with Gasteiger partial charge < -0.3 is 20.7 Å². The summed E-state index contributed by atoms with van der Waals surface area (Å²) >= 11 is 0. The summed E-state index contributed by atoms with van der Waals surface area (Å²) in [6, 6.07) is 7.49. The molecule has 1 atom stereocenters. The average molecular weight is 501 g/mol. The molecule has 0 saturated heterocycles. The van der Waals surface area contributed by atoms with Gasteiger partial charge in [-0.05, 0) is 49.1 Å². The van der Waals surface area contributed by atoms with Crippen LogP contribution in [0.1, 0.15) is 45.7 Å². The molecular formula is C26H30F2N4O4. The van der Waals surface area contributed by atoms with E-state index in [1.54, 1.807) is 31.2 Å². The normalized spacial score (nSPS) is 15.6. The largest absolute Gasteiger partial charge is 0.462 e. The Bertz CT molecular complexity index is 1180. The molecule has 2 aromatic carbocycles. The fourth-order valence-corrected chi connectivity index (χ4v) is 3.78. The topological polar surface area (TPSA) is 99.8 Å². The number of hydrogen-bond acceptors (Lipinski definition) is 4. The first-order valence-electron chi connectivity index (χ1n) is 11.7. The van der Waals surface area contributed by atoms with E-state index in [0.717, 1.165) is 12.1 Å². The Morgan fingerprint density at radius 2 is 1.89 bits per heavy atom. The van der Waals surface area contributed by atoms with Gasteiger partial charge in [0.25, 0.3) is 0 Å². The zero-order chi connectivity index (χ0) is 26.4. The zero-order valence-electron chi connectivity index (χ0n) is 20.7. The first-order valence-corrected chi connectivity index (χ1v) is 11.7. The maximum absolute atomic E-state index is 13.9. The summed E-state index contributed by atoms with van der Waals surface area (Å²) in [6.45, 7) is 8.16. The second-order valence-corrected chi connectivity index (χ2v) is 8.85. The molecule has 36 heavy (non-hydrogen) atoms.